The molecule has 0 atom stereocenters. The third-order valence-corrected chi connectivity index (χ3v) is 2.25. The van der Waals surface area contributed by atoms with Gasteiger partial charge in [0.1, 0.15) is 0 Å². The zero-order valence-corrected chi connectivity index (χ0v) is 8.08. The molecular weight excluding hydrogens is 178 g/mol. The third-order valence-electron chi connectivity index (χ3n) is 2.25. The Kier molecular flexibility index (Phi) is 2.45. The molecule has 0 unspecified atom stereocenters. The van der Waals surface area contributed by atoms with Crippen LogP contribution in [0.15, 0.2) is 18.5 Å². The normalized spacial score (nSPS) is 16.1. The smallest absolute Gasteiger partial charge is 0.253 e. The first-order valence-corrected chi connectivity index (χ1v) is 4.69. The number of nitrogens with one attached hydrogen (secondary N) is 2. The summed E-state index contributed by atoms with van der Waals surface area (Å²) in [5.74, 6) is -0.0345. The first-order chi connectivity index (χ1) is 6.75. The van der Waals surface area contributed by atoms with Crippen molar-refractivity contribution < 1.29 is 4.79 Å². The molecule has 0 aliphatic carbocycles. The van der Waals surface area contributed by atoms with Gasteiger partial charge >= 0.3 is 0 Å². The van der Waals surface area contributed by atoms with Crippen LogP contribution >= 0.6 is 0 Å². The lowest BCUT2D eigenvalue weighted by molar-refractivity contribution is 0.0923. The van der Waals surface area contributed by atoms with Crippen molar-refractivity contribution >= 4 is 5.91 Å². The van der Waals surface area contributed by atoms with Gasteiger partial charge in [-0.05, 0) is 18.6 Å². The van der Waals surface area contributed by atoms with Crippen molar-refractivity contribution in [1.82, 2.24) is 15.6 Å². The fourth-order valence-corrected chi connectivity index (χ4v) is 1.34. The van der Waals surface area contributed by atoms with Crippen molar-refractivity contribution in [2.24, 2.45) is 0 Å². The number of aromatic nitrogens is 1. The number of carbonyl (C=O) groups excluding carboxylic acids is 1. The van der Waals surface area contributed by atoms with E-state index in [0.717, 1.165) is 18.7 Å². The summed E-state index contributed by atoms with van der Waals surface area (Å²) in [6.07, 6.45) is 3.33. The van der Waals surface area contributed by atoms with Crippen LogP contribution in [-0.2, 0) is 0 Å². The van der Waals surface area contributed by atoms with Crippen molar-refractivity contribution in [2.45, 2.75) is 13.0 Å². The highest BCUT2D eigenvalue weighted by Gasteiger charge is 2.19. The van der Waals surface area contributed by atoms with E-state index in [1.54, 1.807) is 12.4 Å². The number of aryl methyl sites for hydroxylation is 1. The van der Waals surface area contributed by atoms with Gasteiger partial charge in [-0.25, -0.2) is 0 Å². The molecule has 1 fully saturated rings. The van der Waals surface area contributed by atoms with Crippen LogP contribution in [0.4, 0.5) is 0 Å². The SMILES string of the molecule is Cc1cncc(C(=O)NC2CNC2)c1. The molecule has 0 spiro atoms. The molecule has 0 saturated carbocycles. The predicted octanol–water partition coefficient (Wildman–Crippen LogP) is 0.0916. The zero-order valence-electron chi connectivity index (χ0n) is 8.08. The molecule has 1 aliphatic rings. The molecule has 1 aromatic heterocycles. The van der Waals surface area contributed by atoms with Gasteiger partial charge in [0.2, 0.25) is 0 Å². The topological polar surface area (TPSA) is 54.0 Å². The molecule has 1 aromatic rings. The maximum absolute atomic E-state index is 11.6. The maximum atomic E-state index is 11.6. The molecule has 0 bridgehead atoms. The van der Waals surface area contributed by atoms with Crippen LogP contribution in [0, 0.1) is 6.92 Å². The fourth-order valence-electron chi connectivity index (χ4n) is 1.34. The second-order valence-corrected chi connectivity index (χ2v) is 3.58. The number of hydrogen-bond acceptors (Lipinski definition) is 3. The molecule has 14 heavy (non-hydrogen) atoms. The van der Waals surface area contributed by atoms with Crippen LogP contribution < -0.4 is 10.6 Å². The van der Waals surface area contributed by atoms with Gasteiger partial charge in [-0.3, -0.25) is 9.78 Å². The summed E-state index contributed by atoms with van der Waals surface area (Å²) in [4.78, 5) is 15.6. The third kappa shape index (κ3) is 1.90. The molecule has 74 valence electrons. The Morgan fingerprint density at radius 2 is 2.36 bits per heavy atom. The monoisotopic (exact) mass is 191 g/mol. The summed E-state index contributed by atoms with van der Waals surface area (Å²) in [6.45, 7) is 3.66. The molecule has 0 aromatic carbocycles. The van der Waals surface area contributed by atoms with Gasteiger partial charge in [0, 0.05) is 25.5 Å². The van der Waals surface area contributed by atoms with Crippen molar-refractivity contribution in [3.05, 3.63) is 29.6 Å². The van der Waals surface area contributed by atoms with E-state index >= 15 is 0 Å². The van der Waals surface area contributed by atoms with Gasteiger partial charge in [0.05, 0.1) is 11.6 Å². The molecule has 2 heterocycles. The molecule has 0 radical (unpaired) electrons. The van der Waals surface area contributed by atoms with Crippen molar-refractivity contribution in [2.75, 3.05) is 13.1 Å². The Hall–Kier alpha value is -1.42. The zero-order chi connectivity index (χ0) is 9.97. The Balaban J connectivity index is 2.02. The lowest BCUT2D eigenvalue weighted by atomic mass is 10.1. The summed E-state index contributed by atoms with van der Waals surface area (Å²) < 4.78 is 0. The molecular formula is C10H13N3O. The molecule has 4 heteroatoms. The van der Waals surface area contributed by atoms with Crippen molar-refractivity contribution in [3.8, 4) is 0 Å². The van der Waals surface area contributed by atoms with Crippen LogP contribution in [0.2, 0.25) is 0 Å². The summed E-state index contributed by atoms with van der Waals surface area (Å²) in [6, 6.07) is 2.12. The van der Waals surface area contributed by atoms with E-state index in [9.17, 15) is 4.79 Å². The number of hydrogen-bond donors (Lipinski definition) is 2. The van der Waals surface area contributed by atoms with E-state index in [1.165, 1.54) is 0 Å². The molecule has 4 nitrogen and oxygen atoms in total. The molecule has 2 N–H and O–H groups in total. The average molecular weight is 191 g/mol. The van der Waals surface area contributed by atoms with Crippen LogP contribution in [0.1, 0.15) is 15.9 Å². The lowest BCUT2D eigenvalue weighted by Crippen LogP contribution is -2.56. The minimum atomic E-state index is -0.0345. The van der Waals surface area contributed by atoms with Crippen LogP contribution in [-0.4, -0.2) is 30.0 Å². The standard InChI is InChI=1S/C10H13N3O/c1-7-2-8(4-11-3-7)10(14)13-9-5-12-6-9/h2-4,9,12H,5-6H2,1H3,(H,13,14). The summed E-state index contributed by atoms with van der Waals surface area (Å²) in [5, 5.41) is 6.02. The minimum Gasteiger partial charge on any atom is -0.347 e. The fraction of sp³-hybridized carbons (Fsp3) is 0.400. The predicted molar refractivity (Wildman–Crippen MR) is 53.1 cm³/mol. The quantitative estimate of drug-likeness (QED) is 0.696. The summed E-state index contributed by atoms with van der Waals surface area (Å²) in [7, 11) is 0. The number of pyridine rings is 1. The minimum absolute atomic E-state index is 0.0345. The van der Waals surface area contributed by atoms with Crippen LogP contribution in [0.3, 0.4) is 0 Å². The van der Waals surface area contributed by atoms with E-state index in [-0.39, 0.29) is 11.9 Å². The van der Waals surface area contributed by atoms with Gasteiger partial charge in [0.25, 0.3) is 5.91 Å². The summed E-state index contributed by atoms with van der Waals surface area (Å²) in [5.41, 5.74) is 1.64. The first-order valence-electron chi connectivity index (χ1n) is 4.69. The number of amides is 1. The van der Waals surface area contributed by atoms with Gasteiger partial charge in [-0.2, -0.15) is 0 Å². The van der Waals surface area contributed by atoms with Crippen LogP contribution in [0.25, 0.3) is 0 Å². The lowest BCUT2D eigenvalue weighted by Gasteiger charge is -2.27. The van der Waals surface area contributed by atoms with Gasteiger partial charge < -0.3 is 10.6 Å². The first kappa shape index (κ1) is 9.15. The van der Waals surface area contributed by atoms with E-state index in [0.29, 0.717) is 5.56 Å². The average Bonchev–Trinajstić information content (AvgIpc) is 2.11. The van der Waals surface area contributed by atoms with E-state index in [4.69, 9.17) is 0 Å². The molecule has 2 rings (SSSR count). The Morgan fingerprint density at radius 3 is 2.93 bits per heavy atom. The van der Waals surface area contributed by atoms with E-state index in [2.05, 4.69) is 15.6 Å². The van der Waals surface area contributed by atoms with Gasteiger partial charge in [0.15, 0.2) is 0 Å². The van der Waals surface area contributed by atoms with Gasteiger partial charge in [-0.15, -0.1) is 0 Å². The Morgan fingerprint density at radius 1 is 1.57 bits per heavy atom. The second-order valence-electron chi connectivity index (χ2n) is 3.58. The van der Waals surface area contributed by atoms with Crippen molar-refractivity contribution in [3.63, 3.8) is 0 Å². The highest BCUT2D eigenvalue weighted by Crippen LogP contribution is 2.02. The summed E-state index contributed by atoms with van der Waals surface area (Å²) >= 11 is 0. The molecule has 1 amide bonds. The number of rotatable bonds is 2. The second kappa shape index (κ2) is 3.75. The largest absolute Gasteiger partial charge is 0.347 e. The van der Waals surface area contributed by atoms with E-state index in [1.807, 2.05) is 13.0 Å². The van der Waals surface area contributed by atoms with E-state index < -0.39 is 0 Å². The highest BCUT2D eigenvalue weighted by atomic mass is 16.1. The van der Waals surface area contributed by atoms with Gasteiger partial charge in [-0.1, -0.05) is 0 Å². The van der Waals surface area contributed by atoms with Crippen molar-refractivity contribution in [1.29, 1.82) is 0 Å². The Bertz CT molecular complexity index is 347. The molecule has 1 saturated heterocycles. The number of nitrogens with zero attached hydrogens (tertiary/aromatic N) is 1. The highest BCUT2D eigenvalue weighted by molar-refractivity contribution is 5.94. The maximum Gasteiger partial charge on any atom is 0.253 e. The molecule has 1 aliphatic heterocycles. The number of carbonyl (C=O) groups is 1. The van der Waals surface area contributed by atoms with Crippen LogP contribution in [0.5, 0.6) is 0 Å². The Labute approximate surface area is 82.7 Å².